The molecule has 1 aromatic rings. The Morgan fingerprint density at radius 3 is 3.00 bits per heavy atom. The second-order valence-electron chi connectivity index (χ2n) is 5.92. The first-order valence-electron chi connectivity index (χ1n) is 7.12. The van der Waals surface area contributed by atoms with Crippen molar-refractivity contribution in [1.82, 2.24) is 5.32 Å². The minimum Gasteiger partial charge on any atom is -0.492 e. The van der Waals surface area contributed by atoms with Gasteiger partial charge < -0.3 is 14.8 Å². The first-order valence-corrected chi connectivity index (χ1v) is 7.12. The number of aryl methyl sites for hydroxylation is 1. The highest BCUT2D eigenvalue weighted by molar-refractivity contribution is 5.27. The van der Waals surface area contributed by atoms with E-state index in [1.54, 1.807) is 0 Å². The van der Waals surface area contributed by atoms with Crippen molar-refractivity contribution in [3.63, 3.8) is 0 Å². The Balaban J connectivity index is 1.67. The van der Waals surface area contributed by atoms with Crippen molar-refractivity contribution in [2.45, 2.75) is 45.3 Å². The van der Waals surface area contributed by atoms with Gasteiger partial charge in [-0.1, -0.05) is 12.1 Å². The molecule has 3 nitrogen and oxygen atoms in total. The van der Waals surface area contributed by atoms with Gasteiger partial charge in [0.2, 0.25) is 0 Å². The monoisotopic (exact) mass is 263 g/mol. The van der Waals surface area contributed by atoms with Crippen LogP contribution in [0.1, 0.15) is 32.3 Å². The molecule has 1 atom stereocenters. The molecule has 0 spiro atoms. The highest BCUT2D eigenvalue weighted by Gasteiger charge is 2.28. The minimum absolute atomic E-state index is 0.00726. The third-order valence-corrected chi connectivity index (χ3v) is 3.49. The summed E-state index contributed by atoms with van der Waals surface area (Å²) in [5.74, 6) is 0.953. The Bertz CT molecular complexity index is 403. The second kappa shape index (κ2) is 6.40. The molecule has 2 rings (SSSR count). The van der Waals surface area contributed by atoms with Crippen LogP contribution >= 0.6 is 0 Å². The fourth-order valence-electron chi connectivity index (χ4n) is 2.54. The molecule has 0 saturated carbocycles. The second-order valence-corrected chi connectivity index (χ2v) is 5.92. The lowest BCUT2D eigenvalue weighted by Gasteiger charge is -2.35. The highest BCUT2D eigenvalue weighted by Crippen LogP contribution is 2.23. The smallest absolute Gasteiger partial charge is 0.119 e. The van der Waals surface area contributed by atoms with E-state index in [0.29, 0.717) is 12.6 Å². The van der Waals surface area contributed by atoms with Gasteiger partial charge in [-0.15, -0.1) is 0 Å². The molecule has 0 amide bonds. The lowest BCUT2D eigenvalue weighted by molar-refractivity contribution is -0.0630. The van der Waals surface area contributed by atoms with Crippen LogP contribution in [0, 0.1) is 6.92 Å². The van der Waals surface area contributed by atoms with E-state index in [-0.39, 0.29) is 5.60 Å². The predicted octanol–water partition coefficient (Wildman–Crippen LogP) is 2.92. The third-order valence-electron chi connectivity index (χ3n) is 3.49. The van der Waals surface area contributed by atoms with Gasteiger partial charge >= 0.3 is 0 Å². The highest BCUT2D eigenvalue weighted by atomic mass is 16.5. The molecule has 1 aliphatic rings. The summed E-state index contributed by atoms with van der Waals surface area (Å²) in [7, 11) is 0. The summed E-state index contributed by atoms with van der Waals surface area (Å²) in [6.07, 6.45) is 2.16. The summed E-state index contributed by atoms with van der Waals surface area (Å²) in [5.41, 5.74) is 1.24. The van der Waals surface area contributed by atoms with Crippen LogP contribution in [0.15, 0.2) is 24.3 Å². The van der Waals surface area contributed by atoms with Gasteiger partial charge in [-0.3, -0.25) is 0 Å². The molecule has 1 unspecified atom stereocenters. The molecule has 0 bridgehead atoms. The van der Waals surface area contributed by atoms with Gasteiger partial charge in [-0.05, 0) is 51.3 Å². The van der Waals surface area contributed by atoms with Gasteiger partial charge in [0.15, 0.2) is 0 Å². The van der Waals surface area contributed by atoms with Crippen LogP contribution in [0.4, 0.5) is 0 Å². The maximum atomic E-state index is 5.74. The maximum Gasteiger partial charge on any atom is 0.119 e. The average molecular weight is 263 g/mol. The Hall–Kier alpha value is -1.06. The number of hydrogen-bond donors (Lipinski definition) is 1. The van der Waals surface area contributed by atoms with Crippen molar-refractivity contribution in [3.05, 3.63) is 29.8 Å². The zero-order valence-electron chi connectivity index (χ0n) is 12.2. The van der Waals surface area contributed by atoms with Crippen LogP contribution in [0.3, 0.4) is 0 Å². The summed E-state index contributed by atoms with van der Waals surface area (Å²) >= 11 is 0. The van der Waals surface area contributed by atoms with Gasteiger partial charge in [-0.25, -0.2) is 0 Å². The standard InChI is InChI=1S/C16H25NO2/c1-13-5-4-6-15(11-13)18-10-8-17-14-7-9-19-16(2,3)12-14/h4-6,11,14,17H,7-10,12H2,1-3H3. The Kier molecular flexibility index (Phi) is 4.83. The van der Waals surface area contributed by atoms with Crippen LogP contribution in [-0.2, 0) is 4.74 Å². The minimum atomic E-state index is 0.00726. The molecule has 19 heavy (non-hydrogen) atoms. The van der Waals surface area contributed by atoms with Crippen molar-refractivity contribution < 1.29 is 9.47 Å². The van der Waals surface area contributed by atoms with Crippen LogP contribution < -0.4 is 10.1 Å². The lowest BCUT2D eigenvalue weighted by atomic mass is 9.94. The summed E-state index contributed by atoms with van der Waals surface area (Å²) < 4.78 is 11.4. The van der Waals surface area contributed by atoms with Gasteiger partial charge in [0.1, 0.15) is 12.4 Å². The fraction of sp³-hybridized carbons (Fsp3) is 0.625. The number of rotatable bonds is 5. The largest absolute Gasteiger partial charge is 0.492 e. The normalized spacial score (nSPS) is 22.2. The molecule has 3 heteroatoms. The summed E-state index contributed by atoms with van der Waals surface area (Å²) in [5, 5.41) is 3.56. The molecular weight excluding hydrogens is 238 g/mol. The van der Waals surface area contributed by atoms with E-state index in [4.69, 9.17) is 9.47 Å². The summed E-state index contributed by atoms with van der Waals surface area (Å²) in [6, 6.07) is 8.72. The van der Waals surface area contributed by atoms with E-state index in [9.17, 15) is 0 Å². The average Bonchev–Trinajstić information content (AvgIpc) is 2.34. The molecule has 1 fully saturated rings. The first-order chi connectivity index (χ1) is 9.05. The van der Waals surface area contributed by atoms with Crippen LogP contribution in [-0.4, -0.2) is 31.4 Å². The summed E-state index contributed by atoms with van der Waals surface area (Å²) in [4.78, 5) is 0. The lowest BCUT2D eigenvalue weighted by Crippen LogP contribution is -2.44. The molecule has 0 aromatic heterocycles. The predicted molar refractivity (Wildman–Crippen MR) is 77.7 cm³/mol. The van der Waals surface area contributed by atoms with Crippen molar-refractivity contribution in [1.29, 1.82) is 0 Å². The van der Waals surface area contributed by atoms with E-state index in [0.717, 1.165) is 31.7 Å². The van der Waals surface area contributed by atoms with Gasteiger partial charge in [0.05, 0.1) is 5.60 Å². The molecule has 0 radical (unpaired) electrons. The zero-order valence-corrected chi connectivity index (χ0v) is 12.2. The van der Waals surface area contributed by atoms with Crippen molar-refractivity contribution >= 4 is 0 Å². The molecular formula is C16H25NO2. The van der Waals surface area contributed by atoms with Crippen molar-refractivity contribution in [2.75, 3.05) is 19.8 Å². The number of ether oxygens (including phenoxy) is 2. The first kappa shape index (κ1) is 14.4. The van der Waals surface area contributed by atoms with E-state index in [1.165, 1.54) is 5.56 Å². The molecule has 1 N–H and O–H groups in total. The maximum absolute atomic E-state index is 5.74. The number of benzene rings is 1. The molecule has 0 aliphatic carbocycles. The molecule has 1 heterocycles. The van der Waals surface area contributed by atoms with Crippen LogP contribution in [0.25, 0.3) is 0 Å². The molecule has 106 valence electrons. The number of hydrogen-bond acceptors (Lipinski definition) is 3. The third kappa shape index (κ3) is 4.84. The van der Waals surface area contributed by atoms with Crippen LogP contribution in [0.5, 0.6) is 5.75 Å². The van der Waals surface area contributed by atoms with Gasteiger partial charge in [0.25, 0.3) is 0 Å². The van der Waals surface area contributed by atoms with Gasteiger partial charge in [0, 0.05) is 19.2 Å². The topological polar surface area (TPSA) is 30.5 Å². The summed E-state index contributed by atoms with van der Waals surface area (Å²) in [6.45, 7) is 8.84. The SMILES string of the molecule is Cc1cccc(OCCNC2CCOC(C)(C)C2)c1. The fourth-order valence-corrected chi connectivity index (χ4v) is 2.54. The Morgan fingerprint density at radius 2 is 2.26 bits per heavy atom. The van der Waals surface area contributed by atoms with Gasteiger partial charge in [-0.2, -0.15) is 0 Å². The van der Waals surface area contributed by atoms with E-state index in [2.05, 4.69) is 38.2 Å². The molecule has 1 aromatic carbocycles. The van der Waals surface area contributed by atoms with Crippen molar-refractivity contribution in [3.8, 4) is 5.75 Å². The molecule has 1 aliphatic heterocycles. The van der Waals surface area contributed by atoms with E-state index >= 15 is 0 Å². The van der Waals surface area contributed by atoms with E-state index in [1.807, 2.05) is 12.1 Å². The number of nitrogens with one attached hydrogen (secondary N) is 1. The van der Waals surface area contributed by atoms with Crippen molar-refractivity contribution in [2.24, 2.45) is 0 Å². The molecule has 1 saturated heterocycles. The zero-order chi connectivity index (χ0) is 13.7. The quantitative estimate of drug-likeness (QED) is 0.829. The van der Waals surface area contributed by atoms with E-state index < -0.39 is 0 Å². The van der Waals surface area contributed by atoms with Crippen LogP contribution in [0.2, 0.25) is 0 Å². The Morgan fingerprint density at radius 1 is 1.42 bits per heavy atom. The Labute approximate surface area is 116 Å².